The molecule has 0 unspecified atom stereocenters. The summed E-state index contributed by atoms with van der Waals surface area (Å²) in [4.78, 5) is 23.7. The van der Waals surface area contributed by atoms with Gasteiger partial charge in [-0.25, -0.2) is 9.59 Å². The predicted molar refractivity (Wildman–Crippen MR) is 107 cm³/mol. The van der Waals surface area contributed by atoms with Crippen molar-refractivity contribution in [3.63, 3.8) is 0 Å². The summed E-state index contributed by atoms with van der Waals surface area (Å²) in [6, 6.07) is 19.9. The van der Waals surface area contributed by atoms with Gasteiger partial charge in [0.15, 0.2) is 0 Å². The molecule has 0 amide bonds. The van der Waals surface area contributed by atoms with Gasteiger partial charge < -0.3 is 14.2 Å². The summed E-state index contributed by atoms with van der Waals surface area (Å²) in [5, 5.41) is 1.88. The van der Waals surface area contributed by atoms with E-state index < -0.39 is 11.9 Å². The van der Waals surface area contributed by atoms with Gasteiger partial charge in [0.05, 0.1) is 5.56 Å². The van der Waals surface area contributed by atoms with Crippen LogP contribution < -0.4 is 9.47 Å². The number of hydrogen-bond donors (Lipinski definition) is 0. The Kier molecular flexibility index (Phi) is 6.07. The molecule has 142 valence electrons. The van der Waals surface area contributed by atoms with Crippen molar-refractivity contribution in [2.75, 3.05) is 13.2 Å². The minimum absolute atomic E-state index is 0.122. The number of benzene rings is 3. The van der Waals surface area contributed by atoms with Gasteiger partial charge in [-0.15, -0.1) is 0 Å². The van der Waals surface area contributed by atoms with E-state index in [9.17, 15) is 9.59 Å². The molecule has 28 heavy (non-hydrogen) atoms. The third-order valence-electron chi connectivity index (χ3n) is 3.98. The lowest BCUT2D eigenvalue weighted by molar-refractivity contribution is -0.139. The quantitative estimate of drug-likeness (QED) is 0.262. The van der Waals surface area contributed by atoms with Crippen LogP contribution in [0.1, 0.15) is 17.3 Å². The number of rotatable bonds is 7. The van der Waals surface area contributed by atoms with Crippen LogP contribution in [0.3, 0.4) is 0 Å². The summed E-state index contributed by atoms with van der Waals surface area (Å²) in [5.74, 6) is 0.185. The first-order valence-corrected chi connectivity index (χ1v) is 8.80. The molecular formula is C23H20O5. The van der Waals surface area contributed by atoms with Crippen LogP contribution in [0.25, 0.3) is 10.8 Å². The average Bonchev–Trinajstić information content (AvgIpc) is 2.71. The van der Waals surface area contributed by atoms with Gasteiger partial charge in [-0.3, -0.25) is 0 Å². The standard InChI is InChI=1S/C23H20O5/c1-16(2)22(24)27-15-14-26-19-12-10-18(11-13-19)23(25)28-21-9-5-7-17-6-3-4-8-20(17)21/h3-13H,1,14-15H2,2H3. The topological polar surface area (TPSA) is 61.8 Å². The van der Waals surface area contributed by atoms with Crippen molar-refractivity contribution in [1.29, 1.82) is 0 Å². The van der Waals surface area contributed by atoms with E-state index in [2.05, 4.69) is 6.58 Å². The highest BCUT2D eigenvalue weighted by atomic mass is 16.6. The van der Waals surface area contributed by atoms with E-state index in [1.807, 2.05) is 36.4 Å². The van der Waals surface area contributed by atoms with E-state index in [1.54, 1.807) is 37.3 Å². The first-order valence-electron chi connectivity index (χ1n) is 8.80. The molecule has 5 heteroatoms. The number of carbonyl (C=O) groups excluding carboxylic acids is 2. The summed E-state index contributed by atoms with van der Waals surface area (Å²) < 4.78 is 16.0. The molecule has 0 aromatic heterocycles. The fourth-order valence-electron chi connectivity index (χ4n) is 2.55. The van der Waals surface area contributed by atoms with Crippen LogP contribution in [0.5, 0.6) is 11.5 Å². The Morgan fingerprint density at radius 2 is 1.61 bits per heavy atom. The zero-order valence-electron chi connectivity index (χ0n) is 15.5. The van der Waals surface area contributed by atoms with Gasteiger partial charge in [0.2, 0.25) is 0 Å². The van der Waals surface area contributed by atoms with Crippen molar-refractivity contribution in [3.8, 4) is 11.5 Å². The molecule has 0 saturated carbocycles. The van der Waals surface area contributed by atoms with Gasteiger partial charge in [0.1, 0.15) is 24.7 Å². The molecule has 0 saturated heterocycles. The lowest BCUT2D eigenvalue weighted by atomic mass is 10.1. The third kappa shape index (κ3) is 4.76. The second-order valence-corrected chi connectivity index (χ2v) is 6.16. The fourth-order valence-corrected chi connectivity index (χ4v) is 2.55. The molecule has 0 aliphatic carbocycles. The molecule has 3 aromatic carbocycles. The Morgan fingerprint density at radius 1 is 0.893 bits per heavy atom. The normalized spacial score (nSPS) is 10.3. The molecule has 0 radical (unpaired) electrons. The maximum absolute atomic E-state index is 12.4. The minimum Gasteiger partial charge on any atom is -0.490 e. The van der Waals surface area contributed by atoms with Crippen molar-refractivity contribution >= 4 is 22.7 Å². The lowest BCUT2D eigenvalue weighted by Crippen LogP contribution is -2.12. The SMILES string of the molecule is C=C(C)C(=O)OCCOc1ccc(C(=O)Oc2cccc3ccccc23)cc1. The van der Waals surface area contributed by atoms with Crippen molar-refractivity contribution in [1.82, 2.24) is 0 Å². The number of carbonyl (C=O) groups is 2. The van der Waals surface area contributed by atoms with Crippen LogP contribution in [0.15, 0.2) is 78.9 Å². The maximum atomic E-state index is 12.4. The zero-order valence-corrected chi connectivity index (χ0v) is 15.5. The Bertz CT molecular complexity index is 1000. The first kappa shape index (κ1) is 19.2. The molecule has 0 N–H and O–H groups in total. The lowest BCUT2D eigenvalue weighted by Gasteiger charge is -2.09. The van der Waals surface area contributed by atoms with E-state index in [4.69, 9.17) is 14.2 Å². The largest absolute Gasteiger partial charge is 0.490 e. The monoisotopic (exact) mass is 376 g/mol. The molecule has 0 bridgehead atoms. The summed E-state index contributed by atoms with van der Waals surface area (Å²) in [5.41, 5.74) is 0.753. The smallest absolute Gasteiger partial charge is 0.343 e. The van der Waals surface area contributed by atoms with E-state index in [-0.39, 0.29) is 13.2 Å². The van der Waals surface area contributed by atoms with Gasteiger partial charge in [0.25, 0.3) is 0 Å². The number of fused-ring (bicyclic) bond motifs is 1. The van der Waals surface area contributed by atoms with Gasteiger partial charge >= 0.3 is 11.9 Å². The second kappa shape index (κ2) is 8.86. The first-order chi connectivity index (χ1) is 13.5. The van der Waals surface area contributed by atoms with Crippen molar-refractivity contribution in [3.05, 3.63) is 84.4 Å². The summed E-state index contributed by atoms with van der Waals surface area (Å²) in [7, 11) is 0. The summed E-state index contributed by atoms with van der Waals surface area (Å²) in [6.07, 6.45) is 0. The molecule has 3 aromatic rings. The Labute approximate surface area is 163 Å². The second-order valence-electron chi connectivity index (χ2n) is 6.16. The molecule has 0 fully saturated rings. The van der Waals surface area contributed by atoms with Crippen molar-refractivity contribution in [2.24, 2.45) is 0 Å². The predicted octanol–water partition coefficient (Wildman–Crippen LogP) is 4.56. The number of ether oxygens (including phenoxy) is 3. The Hall–Kier alpha value is -3.60. The van der Waals surface area contributed by atoms with Crippen LogP contribution in [-0.2, 0) is 9.53 Å². The van der Waals surface area contributed by atoms with E-state index >= 15 is 0 Å². The maximum Gasteiger partial charge on any atom is 0.343 e. The Morgan fingerprint density at radius 3 is 2.36 bits per heavy atom. The van der Waals surface area contributed by atoms with Gasteiger partial charge in [-0.2, -0.15) is 0 Å². The van der Waals surface area contributed by atoms with Gasteiger partial charge in [0, 0.05) is 11.0 Å². The number of esters is 2. The van der Waals surface area contributed by atoms with Crippen LogP contribution in [0.2, 0.25) is 0 Å². The van der Waals surface area contributed by atoms with Crippen LogP contribution >= 0.6 is 0 Å². The highest BCUT2D eigenvalue weighted by Crippen LogP contribution is 2.26. The molecule has 0 atom stereocenters. The minimum atomic E-state index is -0.449. The average molecular weight is 376 g/mol. The van der Waals surface area contributed by atoms with Crippen molar-refractivity contribution < 1.29 is 23.8 Å². The highest BCUT2D eigenvalue weighted by molar-refractivity contribution is 5.95. The van der Waals surface area contributed by atoms with E-state index in [1.165, 1.54) is 0 Å². The Balaban J connectivity index is 1.58. The van der Waals surface area contributed by atoms with Crippen LogP contribution in [0.4, 0.5) is 0 Å². The fraction of sp³-hybridized carbons (Fsp3) is 0.130. The van der Waals surface area contributed by atoms with Gasteiger partial charge in [-0.05, 0) is 42.6 Å². The van der Waals surface area contributed by atoms with Crippen LogP contribution in [0, 0.1) is 0 Å². The molecule has 3 rings (SSSR count). The van der Waals surface area contributed by atoms with Crippen molar-refractivity contribution in [2.45, 2.75) is 6.92 Å². The summed E-state index contributed by atoms with van der Waals surface area (Å²) >= 11 is 0. The van der Waals surface area contributed by atoms with E-state index in [0.717, 1.165) is 10.8 Å². The van der Waals surface area contributed by atoms with Gasteiger partial charge in [-0.1, -0.05) is 43.0 Å². The molecule has 5 nitrogen and oxygen atoms in total. The molecule has 0 heterocycles. The zero-order chi connectivity index (χ0) is 19.9. The van der Waals surface area contributed by atoms with E-state index in [0.29, 0.717) is 22.6 Å². The molecule has 0 spiro atoms. The summed E-state index contributed by atoms with van der Waals surface area (Å²) in [6.45, 7) is 5.42. The number of hydrogen-bond acceptors (Lipinski definition) is 5. The molecule has 0 aliphatic rings. The third-order valence-corrected chi connectivity index (χ3v) is 3.98. The molecule has 0 aliphatic heterocycles. The van der Waals surface area contributed by atoms with Crippen LogP contribution in [-0.4, -0.2) is 25.2 Å². The highest BCUT2D eigenvalue weighted by Gasteiger charge is 2.11. The molecular weight excluding hydrogens is 356 g/mol.